The maximum atomic E-state index is 12.3. The highest BCUT2D eigenvalue weighted by molar-refractivity contribution is 5.78. The fraction of sp³-hybridized carbons (Fsp3) is 0.467. The Balaban J connectivity index is 1.60. The predicted octanol–water partition coefficient (Wildman–Crippen LogP) is 1.17. The van der Waals surface area contributed by atoms with Gasteiger partial charge >= 0.3 is 0 Å². The van der Waals surface area contributed by atoms with E-state index in [4.69, 9.17) is 0 Å². The van der Waals surface area contributed by atoms with Crippen molar-refractivity contribution in [1.82, 2.24) is 25.1 Å². The molecule has 3 rings (SSSR count). The average molecular weight is 285 g/mol. The number of hydrogen-bond donors (Lipinski definition) is 1. The number of amides is 1. The number of nitrogens with one attached hydrogen (secondary N) is 1. The molecule has 0 fully saturated rings. The number of hydrogen-bond acceptors (Lipinski definition) is 4. The third-order valence-electron chi connectivity index (χ3n) is 3.99. The molecule has 6 nitrogen and oxygen atoms in total. The van der Waals surface area contributed by atoms with Crippen LogP contribution >= 0.6 is 0 Å². The Labute approximate surface area is 123 Å². The summed E-state index contributed by atoms with van der Waals surface area (Å²) in [5.74, 6) is 1.02. The van der Waals surface area contributed by atoms with E-state index in [-0.39, 0.29) is 11.8 Å². The fourth-order valence-electron chi connectivity index (χ4n) is 2.69. The van der Waals surface area contributed by atoms with E-state index in [2.05, 4.69) is 20.4 Å². The lowest BCUT2D eigenvalue weighted by Crippen LogP contribution is -2.36. The summed E-state index contributed by atoms with van der Waals surface area (Å²) in [6.07, 6.45) is 5.02. The van der Waals surface area contributed by atoms with E-state index in [0.29, 0.717) is 13.1 Å². The number of rotatable bonds is 3. The van der Waals surface area contributed by atoms with Gasteiger partial charge in [0.1, 0.15) is 12.2 Å². The largest absolute Gasteiger partial charge is 0.352 e. The lowest BCUT2D eigenvalue weighted by atomic mass is 9.98. The third kappa shape index (κ3) is 2.94. The van der Waals surface area contributed by atoms with E-state index in [1.54, 1.807) is 6.33 Å². The smallest absolute Gasteiger partial charge is 0.225 e. The molecular formula is C15H19N5O. The van der Waals surface area contributed by atoms with Crippen molar-refractivity contribution in [3.8, 4) is 0 Å². The van der Waals surface area contributed by atoms with E-state index >= 15 is 0 Å². The summed E-state index contributed by atoms with van der Waals surface area (Å²) in [5.41, 5.74) is 3.21. The molecule has 1 aliphatic heterocycles. The van der Waals surface area contributed by atoms with Gasteiger partial charge in [0, 0.05) is 24.9 Å². The van der Waals surface area contributed by atoms with Crippen molar-refractivity contribution < 1.29 is 4.79 Å². The van der Waals surface area contributed by atoms with E-state index < -0.39 is 0 Å². The van der Waals surface area contributed by atoms with Gasteiger partial charge in [-0.05, 0) is 37.5 Å². The van der Waals surface area contributed by atoms with Crippen molar-refractivity contribution in [2.75, 3.05) is 0 Å². The van der Waals surface area contributed by atoms with E-state index in [1.165, 1.54) is 0 Å². The summed E-state index contributed by atoms with van der Waals surface area (Å²) in [6.45, 7) is 5.15. The molecule has 1 N–H and O–H groups in total. The highest BCUT2D eigenvalue weighted by atomic mass is 16.1. The van der Waals surface area contributed by atoms with Crippen LogP contribution < -0.4 is 5.32 Å². The Morgan fingerprint density at radius 1 is 1.43 bits per heavy atom. The van der Waals surface area contributed by atoms with Crippen LogP contribution in [0.4, 0.5) is 0 Å². The van der Waals surface area contributed by atoms with Crippen LogP contribution in [0.3, 0.4) is 0 Å². The fourth-order valence-corrected chi connectivity index (χ4v) is 2.69. The maximum Gasteiger partial charge on any atom is 0.225 e. The van der Waals surface area contributed by atoms with Crippen LogP contribution in [-0.4, -0.2) is 25.7 Å². The SMILES string of the molecule is Cc1cc(C)c(CNC(=O)C2CCc3ncnn3C2)cn1. The van der Waals surface area contributed by atoms with Crippen molar-refractivity contribution in [3.05, 3.63) is 41.2 Å². The predicted molar refractivity (Wildman–Crippen MR) is 77.4 cm³/mol. The minimum atomic E-state index is -0.0297. The lowest BCUT2D eigenvalue weighted by Gasteiger charge is -2.22. The molecule has 2 aromatic heterocycles. The summed E-state index contributed by atoms with van der Waals surface area (Å²) < 4.78 is 1.83. The standard InChI is InChI=1S/C15H19N5O/c1-10-5-11(2)16-6-13(10)7-17-15(21)12-3-4-14-18-9-19-20(14)8-12/h5-6,9,12H,3-4,7-8H2,1-2H3,(H,17,21). The maximum absolute atomic E-state index is 12.3. The van der Waals surface area contributed by atoms with Crippen LogP contribution in [0.15, 0.2) is 18.6 Å². The first kappa shape index (κ1) is 13.7. The minimum Gasteiger partial charge on any atom is -0.352 e. The quantitative estimate of drug-likeness (QED) is 0.918. The molecule has 1 aliphatic rings. The first-order valence-corrected chi connectivity index (χ1v) is 7.20. The van der Waals surface area contributed by atoms with Crippen LogP contribution in [0.1, 0.15) is 29.1 Å². The Bertz CT molecular complexity index is 664. The van der Waals surface area contributed by atoms with Crippen LogP contribution in [0.25, 0.3) is 0 Å². The van der Waals surface area contributed by atoms with E-state index in [0.717, 1.165) is 35.5 Å². The highest BCUT2D eigenvalue weighted by Gasteiger charge is 2.25. The topological polar surface area (TPSA) is 72.7 Å². The molecule has 3 heterocycles. The molecule has 1 unspecified atom stereocenters. The zero-order valence-electron chi connectivity index (χ0n) is 12.3. The van der Waals surface area contributed by atoms with E-state index in [1.807, 2.05) is 30.8 Å². The number of aryl methyl sites for hydroxylation is 3. The number of carbonyl (C=O) groups excluding carboxylic acids is 1. The molecule has 0 saturated heterocycles. The van der Waals surface area contributed by atoms with Crippen LogP contribution in [0.5, 0.6) is 0 Å². The summed E-state index contributed by atoms with van der Waals surface area (Å²) in [7, 11) is 0. The number of carbonyl (C=O) groups is 1. The van der Waals surface area contributed by atoms with Crippen molar-refractivity contribution in [2.24, 2.45) is 5.92 Å². The number of nitrogens with zero attached hydrogens (tertiary/aromatic N) is 4. The molecule has 0 saturated carbocycles. The number of aromatic nitrogens is 4. The molecule has 1 atom stereocenters. The molecule has 0 spiro atoms. The molecule has 2 aromatic rings. The van der Waals surface area contributed by atoms with Crippen molar-refractivity contribution in [3.63, 3.8) is 0 Å². The lowest BCUT2D eigenvalue weighted by molar-refractivity contribution is -0.126. The zero-order valence-corrected chi connectivity index (χ0v) is 12.3. The Kier molecular flexibility index (Phi) is 3.68. The van der Waals surface area contributed by atoms with Gasteiger partial charge in [-0.1, -0.05) is 0 Å². The molecular weight excluding hydrogens is 266 g/mol. The Morgan fingerprint density at radius 3 is 3.10 bits per heavy atom. The molecule has 1 amide bonds. The first-order valence-electron chi connectivity index (χ1n) is 7.20. The average Bonchev–Trinajstić information content (AvgIpc) is 2.93. The summed E-state index contributed by atoms with van der Waals surface area (Å²) in [4.78, 5) is 20.7. The molecule has 0 radical (unpaired) electrons. The molecule has 0 bridgehead atoms. The van der Waals surface area contributed by atoms with Gasteiger partial charge in [0.05, 0.1) is 12.5 Å². The summed E-state index contributed by atoms with van der Waals surface area (Å²) in [6, 6.07) is 2.03. The summed E-state index contributed by atoms with van der Waals surface area (Å²) >= 11 is 0. The first-order chi connectivity index (χ1) is 10.1. The van der Waals surface area contributed by atoms with Gasteiger partial charge < -0.3 is 5.32 Å². The van der Waals surface area contributed by atoms with Crippen molar-refractivity contribution in [2.45, 2.75) is 39.8 Å². The van der Waals surface area contributed by atoms with Gasteiger partial charge in [0.25, 0.3) is 0 Å². The highest BCUT2D eigenvalue weighted by Crippen LogP contribution is 2.18. The molecule has 0 aliphatic carbocycles. The van der Waals surface area contributed by atoms with Gasteiger partial charge in [-0.3, -0.25) is 9.78 Å². The number of pyridine rings is 1. The minimum absolute atomic E-state index is 0.0297. The van der Waals surface area contributed by atoms with Gasteiger partial charge in [-0.15, -0.1) is 0 Å². The van der Waals surface area contributed by atoms with Gasteiger partial charge in [0.2, 0.25) is 5.91 Å². The normalized spacial score (nSPS) is 17.3. The van der Waals surface area contributed by atoms with Crippen molar-refractivity contribution >= 4 is 5.91 Å². The second-order valence-corrected chi connectivity index (χ2v) is 5.56. The third-order valence-corrected chi connectivity index (χ3v) is 3.99. The second-order valence-electron chi connectivity index (χ2n) is 5.56. The van der Waals surface area contributed by atoms with Crippen LogP contribution in [0, 0.1) is 19.8 Å². The zero-order chi connectivity index (χ0) is 14.8. The monoisotopic (exact) mass is 285 g/mol. The Hall–Kier alpha value is -2.24. The van der Waals surface area contributed by atoms with Gasteiger partial charge in [-0.25, -0.2) is 9.67 Å². The molecule has 6 heteroatoms. The van der Waals surface area contributed by atoms with E-state index in [9.17, 15) is 4.79 Å². The second kappa shape index (κ2) is 5.63. The van der Waals surface area contributed by atoms with Crippen LogP contribution in [-0.2, 0) is 24.3 Å². The van der Waals surface area contributed by atoms with Gasteiger partial charge in [-0.2, -0.15) is 5.10 Å². The Morgan fingerprint density at radius 2 is 2.29 bits per heavy atom. The molecule has 0 aromatic carbocycles. The molecule has 21 heavy (non-hydrogen) atoms. The number of fused-ring (bicyclic) bond motifs is 1. The molecule has 110 valence electrons. The van der Waals surface area contributed by atoms with Crippen LogP contribution in [0.2, 0.25) is 0 Å². The van der Waals surface area contributed by atoms with Gasteiger partial charge in [0.15, 0.2) is 0 Å². The van der Waals surface area contributed by atoms with Crippen molar-refractivity contribution in [1.29, 1.82) is 0 Å². The summed E-state index contributed by atoms with van der Waals surface area (Å²) in [5, 5.41) is 7.16.